The van der Waals surface area contributed by atoms with Gasteiger partial charge in [-0.3, -0.25) is 4.98 Å². The fourth-order valence-corrected chi connectivity index (χ4v) is 4.50. The van der Waals surface area contributed by atoms with E-state index < -0.39 is 0 Å². The van der Waals surface area contributed by atoms with E-state index in [-0.39, 0.29) is 6.09 Å². The van der Waals surface area contributed by atoms with E-state index in [0.29, 0.717) is 19.7 Å². The van der Waals surface area contributed by atoms with E-state index in [4.69, 9.17) is 9.72 Å². The Hall–Kier alpha value is -2.41. The predicted octanol–water partition coefficient (Wildman–Crippen LogP) is 3.53. The van der Waals surface area contributed by atoms with Gasteiger partial charge in [0.05, 0.1) is 18.0 Å². The number of allylic oxidation sites excluding steroid dienone is 1. The number of piperazine rings is 1. The molecule has 1 aliphatic heterocycles. The van der Waals surface area contributed by atoms with E-state index in [1.54, 1.807) is 16.2 Å². The van der Waals surface area contributed by atoms with Gasteiger partial charge in [0, 0.05) is 54.9 Å². The van der Waals surface area contributed by atoms with Crippen molar-refractivity contribution in [1.82, 2.24) is 14.9 Å². The Labute approximate surface area is 163 Å². The summed E-state index contributed by atoms with van der Waals surface area (Å²) in [6, 6.07) is 2.08. The number of aryl methyl sites for hydroxylation is 2. The van der Waals surface area contributed by atoms with E-state index in [1.165, 1.54) is 21.7 Å². The highest BCUT2D eigenvalue weighted by atomic mass is 32.1. The molecule has 1 aliphatic carbocycles. The number of hydrogen-bond donors (Lipinski definition) is 0. The molecule has 1 fully saturated rings. The fourth-order valence-electron chi connectivity index (χ4n) is 3.58. The average molecular weight is 385 g/mol. The molecule has 0 saturated carbocycles. The maximum atomic E-state index is 11.9. The fraction of sp³-hybridized carbons (Fsp3) is 0.450. The topological polar surface area (TPSA) is 58.6 Å². The first-order valence-corrected chi connectivity index (χ1v) is 10.2. The van der Waals surface area contributed by atoms with Crippen molar-refractivity contribution in [3.05, 3.63) is 39.1 Å². The highest BCUT2D eigenvalue weighted by Gasteiger charge is 2.26. The summed E-state index contributed by atoms with van der Waals surface area (Å²) < 4.78 is 5.11. The van der Waals surface area contributed by atoms with E-state index >= 15 is 0 Å². The van der Waals surface area contributed by atoms with Gasteiger partial charge >= 0.3 is 6.09 Å². The summed E-state index contributed by atoms with van der Waals surface area (Å²) in [5.74, 6) is 0. The smallest absolute Gasteiger partial charge is 0.409 e. The van der Waals surface area contributed by atoms with Gasteiger partial charge in [0.1, 0.15) is 5.01 Å². The maximum Gasteiger partial charge on any atom is 0.409 e. The minimum atomic E-state index is -0.214. The molecular weight excluding hydrogens is 360 g/mol. The van der Waals surface area contributed by atoms with Gasteiger partial charge in [0.15, 0.2) is 0 Å². The highest BCUT2D eigenvalue weighted by Crippen LogP contribution is 2.37. The van der Waals surface area contributed by atoms with Crippen LogP contribution in [0.15, 0.2) is 12.3 Å². The van der Waals surface area contributed by atoms with Gasteiger partial charge in [-0.1, -0.05) is 0 Å². The molecule has 2 aliphatic rings. The second-order valence-corrected chi connectivity index (χ2v) is 8.07. The Morgan fingerprint density at radius 1 is 1.26 bits per heavy atom. The Morgan fingerprint density at radius 2 is 2.04 bits per heavy atom. The van der Waals surface area contributed by atoms with Crippen molar-refractivity contribution < 1.29 is 9.53 Å². The minimum absolute atomic E-state index is 0.214. The van der Waals surface area contributed by atoms with Gasteiger partial charge < -0.3 is 14.5 Å². The molecule has 0 aromatic carbocycles. The second kappa shape index (κ2) is 7.31. The van der Waals surface area contributed by atoms with Gasteiger partial charge in [0.2, 0.25) is 0 Å². The third-order valence-corrected chi connectivity index (χ3v) is 6.32. The lowest BCUT2D eigenvalue weighted by molar-refractivity contribution is 0.105. The van der Waals surface area contributed by atoms with Crippen LogP contribution in [-0.2, 0) is 11.2 Å². The number of thiazole rings is 1. The third kappa shape index (κ3) is 3.43. The van der Waals surface area contributed by atoms with Crippen molar-refractivity contribution in [2.45, 2.75) is 27.2 Å². The second-order valence-electron chi connectivity index (χ2n) is 6.87. The molecule has 0 atom stereocenters. The van der Waals surface area contributed by atoms with Gasteiger partial charge in [-0.15, -0.1) is 11.3 Å². The monoisotopic (exact) mass is 384 g/mol. The average Bonchev–Trinajstić information content (AvgIpc) is 3.25. The molecule has 2 aromatic rings. The molecular formula is C20H24N4O2S. The first-order chi connectivity index (χ1) is 13.1. The first-order valence-electron chi connectivity index (χ1n) is 9.36. The van der Waals surface area contributed by atoms with Crippen LogP contribution in [0.3, 0.4) is 0 Å². The van der Waals surface area contributed by atoms with Crippen LogP contribution in [0, 0.1) is 13.8 Å². The molecule has 27 heavy (non-hydrogen) atoms. The standard InChI is InChI=1S/C20H24N4O2S/c1-4-26-20(25)24-9-7-23(8-10-24)18-5-6-21-17-12-15(11-16(17)18)19-22-13(2)14(3)27-19/h5-6,11H,4,7-10,12H2,1-3H3. The van der Waals surface area contributed by atoms with Crippen molar-refractivity contribution >= 4 is 34.8 Å². The van der Waals surface area contributed by atoms with Gasteiger partial charge in [0.25, 0.3) is 0 Å². The molecule has 0 unspecified atom stereocenters. The van der Waals surface area contributed by atoms with Crippen LogP contribution in [0.5, 0.6) is 0 Å². The molecule has 6 nitrogen and oxygen atoms in total. The lowest BCUT2D eigenvalue weighted by atomic mass is 10.1. The summed E-state index contributed by atoms with van der Waals surface area (Å²) in [6.45, 7) is 9.39. The molecule has 1 amide bonds. The molecule has 4 rings (SSSR count). The minimum Gasteiger partial charge on any atom is -0.450 e. The Bertz CT molecular complexity index is 878. The quantitative estimate of drug-likeness (QED) is 0.810. The highest BCUT2D eigenvalue weighted by molar-refractivity contribution is 7.12. The van der Waals surface area contributed by atoms with Crippen molar-refractivity contribution in [1.29, 1.82) is 0 Å². The molecule has 7 heteroatoms. The molecule has 142 valence electrons. The summed E-state index contributed by atoms with van der Waals surface area (Å²) in [5, 5.41) is 1.10. The summed E-state index contributed by atoms with van der Waals surface area (Å²) in [5.41, 5.74) is 5.86. The Kier molecular flexibility index (Phi) is 4.86. The first kappa shape index (κ1) is 18.0. The van der Waals surface area contributed by atoms with Crippen LogP contribution in [0.1, 0.15) is 33.8 Å². The lowest BCUT2D eigenvalue weighted by Gasteiger charge is -2.36. The number of anilines is 1. The van der Waals surface area contributed by atoms with Crippen LogP contribution in [0.4, 0.5) is 10.5 Å². The van der Waals surface area contributed by atoms with Crippen LogP contribution in [0.2, 0.25) is 0 Å². The number of hydrogen-bond acceptors (Lipinski definition) is 6. The van der Waals surface area contributed by atoms with Gasteiger partial charge in [-0.25, -0.2) is 9.78 Å². The predicted molar refractivity (Wildman–Crippen MR) is 108 cm³/mol. The number of aromatic nitrogens is 2. The van der Waals surface area contributed by atoms with Crippen LogP contribution in [-0.4, -0.2) is 53.7 Å². The van der Waals surface area contributed by atoms with Gasteiger partial charge in [-0.05, 0) is 38.5 Å². The number of amides is 1. The normalized spacial score (nSPS) is 16.3. The summed E-state index contributed by atoms with van der Waals surface area (Å²) in [6.07, 6.45) is 4.75. The van der Waals surface area contributed by atoms with Crippen molar-refractivity contribution in [3.8, 4) is 0 Å². The number of carbonyl (C=O) groups excluding carboxylic acids is 1. The Morgan fingerprint density at radius 3 is 2.70 bits per heavy atom. The largest absolute Gasteiger partial charge is 0.450 e. The number of nitrogens with zero attached hydrogens (tertiary/aromatic N) is 4. The zero-order chi connectivity index (χ0) is 19.0. The SMILES string of the molecule is CCOC(=O)N1CCN(c2ccnc3c2C=C(c2nc(C)c(C)s2)C3)CC1. The Balaban J connectivity index is 1.54. The number of fused-ring (bicyclic) bond motifs is 1. The molecule has 0 bridgehead atoms. The van der Waals surface area contributed by atoms with Crippen molar-refractivity contribution in [3.63, 3.8) is 0 Å². The van der Waals surface area contributed by atoms with Crippen molar-refractivity contribution in [2.24, 2.45) is 0 Å². The maximum absolute atomic E-state index is 11.9. The number of rotatable bonds is 3. The van der Waals surface area contributed by atoms with E-state index in [2.05, 4.69) is 35.9 Å². The number of carbonyl (C=O) groups is 1. The van der Waals surface area contributed by atoms with E-state index in [9.17, 15) is 4.79 Å². The number of ether oxygens (including phenoxy) is 1. The summed E-state index contributed by atoms with van der Waals surface area (Å²) in [7, 11) is 0. The molecule has 2 aromatic heterocycles. The zero-order valence-corrected chi connectivity index (χ0v) is 16.8. The van der Waals surface area contributed by atoms with E-state index in [0.717, 1.165) is 35.9 Å². The molecule has 0 radical (unpaired) electrons. The molecule has 0 spiro atoms. The van der Waals surface area contributed by atoms with E-state index in [1.807, 2.05) is 13.1 Å². The van der Waals surface area contributed by atoms with Crippen LogP contribution >= 0.6 is 11.3 Å². The molecule has 0 N–H and O–H groups in total. The third-order valence-electron chi connectivity index (χ3n) is 5.18. The summed E-state index contributed by atoms with van der Waals surface area (Å²) >= 11 is 1.75. The lowest BCUT2D eigenvalue weighted by Crippen LogP contribution is -2.49. The van der Waals surface area contributed by atoms with Crippen LogP contribution < -0.4 is 4.90 Å². The molecule has 3 heterocycles. The number of pyridine rings is 1. The zero-order valence-electron chi connectivity index (χ0n) is 16.0. The molecule has 1 saturated heterocycles. The summed E-state index contributed by atoms with van der Waals surface area (Å²) in [4.78, 5) is 26.6. The van der Waals surface area contributed by atoms with Crippen LogP contribution in [0.25, 0.3) is 11.6 Å². The van der Waals surface area contributed by atoms with Crippen molar-refractivity contribution in [2.75, 3.05) is 37.7 Å². The van der Waals surface area contributed by atoms with Gasteiger partial charge in [-0.2, -0.15) is 0 Å².